The number of aromatic hydroxyl groups is 1. The van der Waals surface area contributed by atoms with Crippen molar-refractivity contribution in [3.63, 3.8) is 0 Å². The van der Waals surface area contributed by atoms with E-state index in [9.17, 15) is 10.2 Å². The van der Waals surface area contributed by atoms with E-state index >= 15 is 8.78 Å². The van der Waals surface area contributed by atoms with Gasteiger partial charge in [0.1, 0.15) is 40.0 Å². The van der Waals surface area contributed by atoms with E-state index in [0.717, 1.165) is 105 Å². The molecule has 2 N–H and O–H groups in total. The van der Waals surface area contributed by atoms with E-state index in [4.69, 9.17) is 9.73 Å². The topological polar surface area (TPSA) is 102 Å². The Morgan fingerprint density at radius 1 is 0.812 bits per heavy atom. The van der Waals surface area contributed by atoms with Crippen molar-refractivity contribution < 1.29 is 23.7 Å². The lowest BCUT2D eigenvalue weighted by Gasteiger charge is -2.44. The fraction of sp³-hybridized carbons (Fsp3) is 0.392. The van der Waals surface area contributed by atoms with Crippen LogP contribution in [0.5, 0.6) is 11.5 Å². The monoisotopic (exact) mass is 883 g/mol. The Labute approximate surface area is 377 Å². The molecule has 0 bridgehead atoms. The van der Waals surface area contributed by atoms with Crippen molar-refractivity contribution in [1.29, 1.82) is 0 Å². The first-order valence-electron chi connectivity index (χ1n) is 22.5. The van der Waals surface area contributed by atoms with Gasteiger partial charge in [-0.2, -0.15) is 0 Å². The molecule has 2 saturated heterocycles. The van der Waals surface area contributed by atoms with Gasteiger partial charge in [0, 0.05) is 90.7 Å². The molecule has 4 aromatic carbocycles. The Morgan fingerprint density at radius 3 is 2.28 bits per heavy atom. The van der Waals surface area contributed by atoms with Crippen molar-refractivity contribution in [1.82, 2.24) is 19.7 Å². The molecular formula is C51H55F2N7O3S. The standard InChI is InChI=1S/C51H55F2N7O3S/c1-30-32(3)64-50-46(30)48(54-31(2)49-56-55-33(4)60(49)50)41-15-11-35(27-44(41)53)58-20-18-51(62,19-21-58)29-57-22-24-59(25-23-57)36-12-16-42(45(28-36)63-5)47-38-17-13-37(61)26-34(38)10-14-40(47)39-8-6-7-9-43(39)52/h6-9,11-13,15-17,26-28,31,40,47,61-62H,10,14,18-25,29H2,1-5H3/t31-,40+,47+/m0/s1. The molecule has 0 unspecified atom stereocenters. The van der Waals surface area contributed by atoms with Gasteiger partial charge in [0.25, 0.3) is 0 Å². The summed E-state index contributed by atoms with van der Waals surface area (Å²) < 4.78 is 39.8. The van der Waals surface area contributed by atoms with Crippen LogP contribution < -0.4 is 14.5 Å². The average molecular weight is 884 g/mol. The minimum Gasteiger partial charge on any atom is -0.508 e. The Bertz CT molecular complexity index is 2770. The number of halogens is 2. The quantitative estimate of drug-likeness (QED) is 0.156. The van der Waals surface area contributed by atoms with Crippen LogP contribution in [0.4, 0.5) is 20.2 Å². The van der Waals surface area contributed by atoms with Gasteiger partial charge in [-0.1, -0.05) is 30.3 Å². The van der Waals surface area contributed by atoms with Crippen LogP contribution >= 0.6 is 11.3 Å². The van der Waals surface area contributed by atoms with Gasteiger partial charge in [0.05, 0.1) is 18.4 Å². The van der Waals surface area contributed by atoms with Gasteiger partial charge >= 0.3 is 0 Å². The van der Waals surface area contributed by atoms with Gasteiger partial charge in [0.2, 0.25) is 0 Å². The number of aromatic nitrogens is 3. The van der Waals surface area contributed by atoms with Gasteiger partial charge in [-0.25, -0.2) is 8.78 Å². The molecule has 0 spiro atoms. The Morgan fingerprint density at radius 2 is 1.53 bits per heavy atom. The maximum absolute atomic E-state index is 16.3. The minimum absolute atomic E-state index is 0.0868. The predicted molar refractivity (Wildman–Crippen MR) is 249 cm³/mol. The smallest absolute Gasteiger partial charge is 0.162 e. The van der Waals surface area contributed by atoms with Crippen molar-refractivity contribution in [2.45, 2.75) is 76.9 Å². The molecule has 10 nitrogen and oxygen atoms in total. The first-order chi connectivity index (χ1) is 30.9. The van der Waals surface area contributed by atoms with Crippen LogP contribution in [0.25, 0.3) is 5.00 Å². The molecule has 4 aliphatic rings. The number of fused-ring (bicyclic) bond motifs is 4. The number of hydrogen-bond acceptors (Lipinski definition) is 10. The van der Waals surface area contributed by atoms with Gasteiger partial charge < -0.3 is 24.7 Å². The van der Waals surface area contributed by atoms with Crippen LogP contribution in [-0.2, 0) is 6.42 Å². The molecule has 64 heavy (non-hydrogen) atoms. The third-order valence-corrected chi connectivity index (χ3v) is 15.5. The normalized spacial score (nSPS) is 20.9. The summed E-state index contributed by atoms with van der Waals surface area (Å²) in [6.07, 6.45) is 2.69. The van der Waals surface area contributed by atoms with E-state index in [1.807, 2.05) is 50.2 Å². The molecule has 13 heteroatoms. The van der Waals surface area contributed by atoms with Crippen molar-refractivity contribution in [2.75, 3.05) is 62.7 Å². The van der Waals surface area contributed by atoms with Crippen LogP contribution in [0.3, 0.4) is 0 Å². The maximum atomic E-state index is 16.3. The minimum atomic E-state index is -0.836. The lowest BCUT2D eigenvalue weighted by molar-refractivity contribution is -0.0173. The second kappa shape index (κ2) is 16.7. The first-order valence-corrected chi connectivity index (χ1v) is 23.3. The molecular weight excluding hydrogens is 829 g/mol. The van der Waals surface area contributed by atoms with Gasteiger partial charge in [-0.15, -0.1) is 21.5 Å². The summed E-state index contributed by atoms with van der Waals surface area (Å²) in [7, 11) is 1.70. The summed E-state index contributed by atoms with van der Waals surface area (Å²) in [5.74, 6) is 1.80. The number of rotatable bonds is 8. The van der Waals surface area contributed by atoms with Gasteiger partial charge in [-0.3, -0.25) is 14.5 Å². The van der Waals surface area contributed by atoms with E-state index in [0.29, 0.717) is 49.3 Å². The number of thiophene rings is 1. The average Bonchev–Trinajstić information content (AvgIpc) is 3.78. The van der Waals surface area contributed by atoms with Crippen molar-refractivity contribution in [3.8, 4) is 16.5 Å². The number of piperidine rings is 1. The molecule has 5 heterocycles. The highest BCUT2D eigenvalue weighted by atomic mass is 32.1. The zero-order valence-corrected chi connectivity index (χ0v) is 37.9. The second-order valence-electron chi connectivity index (χ2n) is 18.2. The van der Waals surface area contributed by atoms with E-state index < -0.39 is 5.60 Å². The molecule has 3 atom stereocenters. The van der Waals surface area contributed by atoms with Crippen molar-refractivity contribution in [2.24, 2.45) is 4.99 Å². The number of methoxy groups -OCH3 is 1. The maximum Gasteiger partial charge on any atom is 0.162 e. The fourth-order valence-corrected chi connectivity index (χ4v) is 11.9. The fourth-order valence-electron chi connectivity index (χ4n) is 10.7. The Hall–Kier alpha value is -5.63. The highest BCUT2D eigenvalue weighted by Crippen LogP contribution is 2.50. The SMILES string of the molecule is COc1cc(N2CCN(CC3(O)CCN(c4ccc(C5=N[C@@H](C)c6nnc(C)n6-c6sc(C)c(C)c65)c(F)c4)CC3)CC2)ccc1[C@@H]1c2ccc(O)cc2CC[C@@H]1c1ccccc1F. The number of ether oxygens (including phenoxy) is 1. The highest BCUT2D eigenvalue weighted by Gasteiger charge is 2.38. The number of aliphatic imine (C=N–C) groups is 1. The van der Waals surface area contributed by atoms with Crippen LogP contribution in [0.2, 0.25) is 0 Å². The lowest BCUT2D eigenvalue weighted by atomic mass is 9.69. The molecule has 0 amide bonds. The number of aliphatic hydroxyl groups is 1. The summed E-state index contributed by atoms with van der Waals surface area (Å²) in [4.78, 5) is 13.1. The summed E-state index contributed by atoms with van der Waals surface area (Å²) in [5.41, 5.74) is 8.05. The van der Waals surface area contributed by atoms with Crippen LogP contribution in [0, 0.1) is 32.4 Å². The largest absolute Gasteiger partial charge is 0.508 e. The van der Waals surface area contributed by atoms with Crippen molar-refractivity contribution in [3.05, 3.63) is 146 Å². The number of anilines is 2. The number of phenolic OH excluding ortho intramolecular Hbond substituents is 1. The Kier molecular flexibility index (Phi) is 11.1. The van der Waals surface area contributed by atoms with Gasteiger partial charge in [0.15, 0.2) is 5.82 Å². The summed E-state index contributed by atoms with van der Waals surface area (Å²) in [6.45, 7) is 13.1. The number of aryl methyl sites for hydroxylation is 3. The van der Waals surface area contributed by atoms with Crippen LogP contribution in [-0.4, -0.2) is 94.1 Å². The third-order valence-electron chi connectivity index (χ3n) is 14.3. The van der Waals surface area contributed by atoms with Crippen molar-refractivity contribution >= 4 is 28.4 Å². The molecule has 332 valence electrons. The first kappa shape index (κ1) is 42.3. The summed E-state index contributed by atoms with van der Waals surface area (Å²) >= 11 is 1.66. The molecule has 0 radical (unpaired) electrons. The van der Waals surface area contributed by atoms with Crippen LogP contribution in [0.15, 0.2) is 83.9 Å². The highest BCUT2D eigenvalue weighted by molar-refractivity contribution is 7.15. The van der Waals surface area contributed by atoms with Gasteiger partial charge in [-0.05, 0) is 124 Å². The lowest BCUT2D eigenvalue weighted by Crippen LogP contribution is -2.55. The van der Waals surface area contributed by atoms with E-state index in [1.165, 1.54) is 6.07 Å². The molecule has 2 aromatic heterocycles. The number of phenols is 1. The molecule has 3 aliphatic heterocycles. The zero-order valence-electron chi connectivity index (χ0n) is 37.1. The molecule has 2 fully saturated rings. The molecule has 6 aromatic rings. The summed E-state index contributed by atoms with van der Waals surface area (Å²) in [5, 5.41) is 31.9. The number of nitrogens with zero attached hydrogens (tertiary/aromatic N) is 7. The zero-order chi connectivity index (χ0) is 44.4. The number of hydrogen-bond donors (Lipinski definition) is 2. The molecule has 0 saturated carbocycles. The van der Waals surface area contributed by atoms with E-state index in [-0.39, 0.29) is 35.3 Å². The number of benzene rings is 4. The molecule has 10 rings (SSSR count). The number of β-amino-alcohol motifs (C(OH)–C–C–N with tert-alkyl or cyclic N) is 1. The second-order valence-corrected chi connectivity index (χ2v) is 19.4. The van der Waals surface area contributed by atoms with E-state index in [2.05, 4.69) is 61.5 Å². The third kappa shape index (κ3) is 7.54. The summed E-state index contributed by atoms with van der Waals surface area (Å²) in [6, 6.07) is 24.2. The molecule has 1 aliphatic carbocycles. The number of piperazine rings is 1. The predicted octanol–water partition coefficient (Wildman–Crippen LogP) is 9.17. The van der Waals surface area contributed by atoms with E-state index in [1.54, 1.807) is 36.6 Å². The Balaban J connectivity index is 0.793. The van der Waals surface area contributed by atoms with Crippen LogP contribution in [0.1, 0.15) is 99.5 Å².